The number of Topliss-reactive ketones (excluding diaryl/α,β-unsaturated/α-hetero) is 2. The monoisotopic (exact) mass is 408 g/mol. The number of carbonyl (C=O) groups is 2. The molecule has 1 saturated carbocycles. The Bertz CT molecular complexity index is 1080. The molecule has 1 aromatic carbocycles. The molecule has 0 saturated heterocycles. The maximum atomic E-state index is 13.0. The molecule has 6 nitrogen and oxygen atoms in total. The first-order chi connectivity index (χ1) is 13.9. The van der Waals surface area contributed by atoms with E-state index >= 15 is 0 Å². The molecule has 1 N–H and O–H groups in total. The van der Waals surface area contributed by atoms with E-state index in [0.717, 1.165) is 30.0 Å². The molecule has 0 aliphatic heterocycles. The molecule has 150 valence electrons. The highest BCUT2D eigenvalue weighted by molar-refractivity contribution is 8.00. The molecular weight excluding hydrogens is 384 g/mol. The third-order valence-electron chi connectivity index (χ3n) is 5.24. The summed E-state index contributed by atoms with van der Waals surface area (Å²) in [6.07, 6.45) is 2.25. The number of hydrogen-bond acceptors (Lipinski definition) is 5. The third-order valence-corrected chi connectivity index (χ3v) is 6.19. The van der Waals surface area contributed by atoms with Gasteiger partial charge in [-0.1, -0.05) is 30.0 Å². The van der Waals surface area contributed by atoms with Crippen molar-refractivity contribution in [3.05, 3.63) is 58.7 Å². The first kappa shape index (κ1) is 19.6. The Hall–Kier alpha value is -2.67. The van der Waals surface area contributed by atoms with Crippen molar-refractivity contribution in [2.75, 3.05) is 0 Å². The van der Waals surface area contributed by atoms with Gasteiger partial charge in [-0.05, 0) is 58.2 Å². The van der Waals surface area contributed by atoms with E-state index in [9.17, 15) is 9.59 Å². The van der Waals surface area contributed by atoms with Crippen molar-refractivity contribution in [3.63, 3.8) is 0 Å². The summed E-state index contributed by atoms with van der Waals surface area (Å²) in [7, 11) is 0. The lowest BCUT2D eigenvalue weighted by Crippen LogP contribution is -2.15. The van der Waals surface area contributed by atoms with Crippen molar-refractivity contribution in [1.82, 2.24) is 19.7 Å². The van der Waals surface area contributed by atoms with Gasteiger partial charge < -0.3 is 4.98 Å². The number of aryl methyl sites for hydroxylation is 1. The Morgan fingerprint density at radius 1 is 1.21 bits per heavy atom. The van der Waals surface area contributed by atoms with E-state index in [1.807, 2.05) is 55.8 Å². The Morgan fingerprint density at radius 2 is 1.90 bits per heavy atom. The summed E-state index contributed by atoms with van der Waals surface area (Å²) in [6.45, 7) is 7.02. The molecule has 1 atom stereocenters. The van der Waals surface area contributed by atoms with Gasteiger partial charge in [0.2, 0.25) is 5.16 Å². The number of nitrogens with zero attached hydrogens (tertiary/aromatic N) is 3. The average molecular weight is 409 g/mol. The second-order valence-electron chi connectivity index (χ2n) is 7.58. The summed E-state index contributed by atoms with van der Waals surface area (Å²) in [5, 5.41) is 4.91. The highest BCUT2D eigenvalue weighted by Gasteiger charge is 2.31. The second-order valence-corrected chi connectivity index (χ2v) is 8.89. The summed E-state index contributed by atoms with van der Waals surface area (Å²) < 4.78 is 1.90. The van der Waals surface area contributed by atoms with Gasteiger partial charge in [0.05, 0.1) is 16.6 Å². The number of thioether (sulfide) groups is 1. The number of aromatic nitrogens is 4. The van der Waals surface area contributed by atoms with Crippen LogP contribution in [0.2, 0.25) is 0 Å². The van der Waals surface area contributed by atoms with Crippen LogP contribution in [0.4, 0.5) is 0 Å². The van der Waals surface area contributed by atoms with Crippen molar-refractivity contribution in [2.24, 2.45) is 0 Å². The predicted octanol–water partition coefficient (Wildman–Crippen LogP) is 4.66. The van der Waals surface area contributed by atoms with Crippen LogP contribution in [0.3, 0.4) is 0 Å². The van der Waals surface area contributed by atoms with E-state index in [1.165, 1.54) is 18.7 Å². The lowest BCUT2D eigenvalue weighted by Gasteiger charge is -2.07. The first-order valence-electron chi connectivity index (χ1n) is 9.80. The molecular formula is C22H24N4O2S. The van der Waals surface area contributed by atoms with Crippen molar-refractivity contribution in [3.8, 4) is 5.69 Å². The van der Waals surface area contributed by atoms with E-state index in [4.69, 9.17) is 4.98 Å². The highest BCUT2D eigenvalue weighted by atomic mass is 32.2. The Kier molecular flexibility index (Phi) is 5.17. The standard InChI is InChI=1S/C22H24N4O2S/c1-12-18(14(3)27)13(2)23-19(12)20(28)15(4)29-22-24-21(16-10-11-16)26(25-22)17-8-6-5-7-9-17/h5-9,15-16,23H,10-11H2,1-4H3/t15-/m0/s1. The van der Waals surface area contributed by atoms with Gasteiger partial charge in [0.1, 0.15) is 5.82 Å². The van der Waals surface area contributed by atoms with Gasteiger partial charge in [0.15, 0.2) is 11.6 Å². The lowest BCUT2D eigenvalue weighted by atomic mass is 10.0. The summed E-state index contributed by atoms with van der Waals surface area (Å²) in [5.74, 6) is 1.32. The Morgan fingerprint density at radius 3 is 2.48 bits per heavy atom. The molecule has 0 bridgehead atoms. The first-order valence-corrected chi connectivity index (χ1v) is 10.7. The van der Waals surface area contributed by atoms with Gasteiger partial charge in [0.25, 0.3) is 0 Å². The van der Waals surface area contributed by atoms with Gasteiger partial charge in [-0.25, -0.2) is 9.67 Å². The number of nitrogens with one attached hydrogen (secondary N) is 1. The van der Waals surface area contributed by atoms with Crippen LogP contribution < -0.4 is 0 Å². The zero-order chi connectivity index (χ0) is 20.7. The van der Waals surface area contributed by atoms with Crippen molar-refractivity contribution in [2.45, 2.75) is 56.9 Å². The highest BCUT2D eigenvalue weighted by Crippen LogP contribution is 2.40. The molecule has 0 amide bonds. The van der Waals surface area contributed by atoms with Crippen molar-refractivity contribution < 1.29 is 9.59 Å². The minimum atomic E-state index is -0.370. The van der Waals surface area contributed by atoms with Crippen LogP contribution in [0.5, 0.6) is 0 Å². The number of H-pyrrole nitrogens is 1. The fraction of sp³-hybridized carbons (Fsp3) is 0.364. The van der Waals surface area contributed by atoms with Crippen LogP contribution in [0.25, 0.3) is 5.69 Å². The van der Waals surface area contributed by atoms with Crippen molar-refractivity contribution >= 4 is 23.3 Å². The predicted molar refractivity (Wildman–Crippen MR) is 113 cm³/mol. The van der Waals surface area contributed by atoms with E-state index in [1.54, 1.807) is 0 Å². The number of para-hydroxylation sites is 1. The second kappa shape index (κ2) is 7.63. The Labute approximate surface area is 174 Å². The molecule has 2 heterocycles. The molecule has 3 aromatic rings. The normalized spacial score (nSPS) is 14.8. The number of aromatic amines is 1. The zero-order valence-electron chi connectivity index (χ0n) is 17.0. The number of ketones is 2. The van der Waals surface area contributed by atoms with Crippen LogP contribution in [-0.4, -0.2) is 36.6 Å². The van der Waals surface area contributed by atoms with Crippen LogP contribution in [-0.2, 0) is 0 Å². The van der Waals surface area contributed by atoms with Crippen molar-refractivity contribution in [1.29, 1.82) is 0 Å². The van der Waals surface area contributed by atoms with Gasteiger partial charge in [0, 0.05) is 17.2 Å². The molecule has 0 unspecified atom stereocenters. The fourth-order valence-corrected chi connectivity index (χ4v) is 4.47. The summed E-state index contributed by atoms with van der Waals surface area (Å²) >= 11 is 1.36. The fourth-order valence-electron chi connectivity index (χ4n) is 3.66. The number of benzene rings is 1. The summed E-state index contributed by atoms with van der Waals surface area (Å²) in [5.41, 5.74) is 3.53. The molecule has 2 aromatic heterocycles. The maximum absolute atomic E-state index is 13.0. The molecule has 1 fully saturated rings. The summed E-state index contributed by atoms with van der Waals surface area (Å²) in [6, 6.07) is 9.96. The molecule has 0 spiro atoms. The Balaban J connectivity index is 1.59. The van der Waals surface area contributed by atoms with Crippen LogP contribution >= 0.6 is 11.8 Å². The lowest BCUT2D eigenvalue weighted by molar-refractivity contribution is 0.0988. The number of hydrogen-bond donors (Lipinski definition) is 1. The zero-order valence-corrected chi connectivity index (χ0v) is 17.8. The minimum absolute atomic E-state index is 0.0343. The molecule has 29 heavy (non-hydrogen) atoms. The van der Waals surface area contributed by atoms with Crippen LogP contribution in [0, 0.1) is 13.8 Å². The SMILES string of the molecule is CC(=O)c1c(C)[nH]c(C(=O)[C@H](C)Sc2nc(C3CC3)n(-c3ccccc3)n2)c1C. The van der Waals surface area contributed by atoms with E-state index < -0.39 is 0 Å². The van der Waals surface area contributed by atoms with E-state index in [-0.39, 0.29) is 16.8 Å². The average Bonchev–Trinajstić information content (AvgIpc) is 3.38. The summed E-state index contributed by atoms with van der Waals surface area (Å²) in [4.78, 5) is 32.7. The van der Waals surface area contributed by atoms with Gasteiger partial charge in [-0.2, -0.15) is 0 Å². The molecule has 1 aliphatic rings. The third kappa shape index (κ3) is 3.79. The largest absolute Gasteiger partial charge is 0.355 e. The molecule has 0 radical (unpaired) electrons. The van der Waals surface area contributed by atoms with Gasteiger partial charge in [-0.3, -0.25) is 9.59 Å². The van der Waals surface area contributed by atoms with E-state index in [0.29, 0.717) is 27.9 Å². The van der Waals surface area contributed by atoms with Gasteiger partial charge >= 0.3 is 0 Å². The molecule has 7 heteroatoms. The van der Waals surface area contributed by atoms with Gasteiger partial charge in [-0.15, -0.1) is 5.10 Å². The molecule has 4 rings (SSSR count). The topological polar surface area (TPSA) is 80.6 Å². The number of rotatable bonds is 7. The van der Waals surface area contributed by atoms with E-state index in [2.05, 4.69) is 10.1 Å². The van der Waals surface area contributed by atoms with Crippen LogP contribution in [0.15, 0.2) is 35.5 Å². The quantitative estimate of drug-likeness (QED) is 0.454. The smallest absolute Gasteiger partial charge is 0.209 e. The minimum Gasteiger partial charge on any atom is -0.355 e. The number of carbonyl (C=O) groups excluding carboxylic acids is 2. The maximum Gasteiger partial charge on any atom is 0.209 e. The van der Waals surface area contributed by atoms with Crippen LogP contribution in [0.1, 0.15) is 70.5 Å². The molecule has 1 aliphatic carbocycles.